The Hall–Kier alpha value is -2.72. The summed E-state index contributed by atoms with van der Waals surface area (Å²) >= 11 is 3.37. The molecular formula is C19H16BrN3O5S. The van der Waals surface area contributed by atoms with Crippen molar-refractivity contribution in [2.75, 3.05) is 17.3 Å². The van der Waals surface area contributed by atoms with E-state index in [0.717, 1.165) is 10.0 Å². The first kappa shape index (κ1) is 19.6. The Kier molecular flexibility index (Phi) is 5.13. The fourth-order valence-corrected chi connectivity index (χ4v) is 4.05. The zero-order valence-electron chi connectivity index (χ0n) is 15.3. The van der Waals surface area contributed by atoms with Crippen LogP contribution in [-0.4, -0.2) is 36.8 Å². The third-order valence-electron chi connectivity index (χ3n) is 4.48. The minimum absolute atomic E-state index is 0.00828. The fraction of sp³-hybridized carbons (Fsp3) is 0.211. The third-order valence-corrected chi connectivity index (χ3v) is 6.74. The molecule has 29 heavy (non-hydrogen) atoms. The molecule has 0 N–H and O–H groups in total. The molecule has 1 aromatic heterocycles. The van der Waals surface area contributed by atoms with E-state index in [9.17, 15) is 13.2 Å². The van der Waals surface area contributed by atoms with Gasteiger partial charge in [0.25, 0.3) is 5.91 Å². The lowest BCUT2D eigenvalue weighted by molar-refractivity contribution is -0.121. The van der Waals surface area contributed by atoms with Crippen molar-refractivity contribution in [1.29, 1.82) is 0 Å². The first-order valence-electron chi connectivity index (χ1n) is 8.76. The lowest BCUT2D eigenvalue weighted by Crippen LogP contribution is -2.38. The Labute approximate surface area is 175 Å². The summed E-state index contributed by atoms with van der Waals surface area (Å²) < 4.78 is 36.1. The second kappa shape index (κ2) is 7.60. The van der Waals surface area contributed by atoms with Crippen molar-refractivity contribution >= 4 is 37.4 Å². The number of anilines is 1. The fourth-order valence-electron chi connectivity index (χ4n) is 2.89. The number of benzene rings is 2. The van der Waals surface area contributed by atoms with Gasteiger partial charge < -0.3 is 9.26 Å². The van der Waals surface area contributed by atoms with Crippen LogP contribution in [-0.2, 0) is 21.2 Å². The van der Waals surface area contributed by atoms with Gasteiger partial charge in [-0.1, -0.05) is 28.0 Å². The van der Waals surface area contributed by atoms with Crippen molar-refractivity contribution in [2.45, 2.75) is 18.4 Å². The van der Waals surface area contributed by atoms with Gasteiger partial charge in [0.1, 0.15) is 12.3 Å². The standard InChI is InChI=1S/C19H16BrN3O5S/c1-2-29(25,26)14-7-8-16-15(9-14)23(18(24)11-27-16)10-17-21-19(22-28-17)12-3-5-13(20)6-4-12/h3-9H,2,10-11H2,1H3. The third kappa shape index (κ3) is 3.90. The van der Waals surface area contributed by atoms with E-state index in [1.54, 1.807) is 13.0 Å². The van der Waals surface area contributed by atoms with Gasteiger partial charge in [0.2, 0.25) is 11.7 Å². The maximum absolute atomic E-state index is 12.5. The average molecular weight is 478 g/mol. The number of fused-ring (bicyclic) bond motifs is 1. The first-order valence-corrected chi connectivity index (χ1v) is 11.2. The topological polar surface area (TPSA) is 103 Å². The maximum atomic E-state index is 12.5. The van der Waals surface area contributed by atoms with Crippen LogP contribution in [0.2, 0.25) is 0 Å². The zero-order valence-corrected chi connectivity index (χ0v) is 17.7. The van der Waals surface area contributed by atoms with Crippen LogP contribution < -0.4 is 9.64 Å². The highest BCUT2D eigenvalue weighted by atomic mass is 79.9. The van der Waals surface area contributed by atoms with Crippen LogP contribution in [0.1, 0.15) is 12.8 Å². The molecule has 1 aliphatic heterocycles. The van der Waals surface area contributed by atoms with Crippen LogP contribution in [0.3, 0.4) is 0 Å². The highest BCUT2D eigenvalue weighted by molar-refractivity contribution is 9.10. The van der Waals surface area contributed by atoms with Crippen molar-refractivity contribution in [3.05, 3.63) is 52.8 Å². The number of hydrogen-bond donors (Lipinski definition) is 0. The second-order valence-electron chi connectivity index (χ2n) is 6.32. The molecule has 0 fully saturated rings. The number of sulfone groups is 1. The maximum Gasteiger partial charge on any atom is 0.265 e. The lowest BCUT2D eigenvalue weighted by atomic mass is 10.2. The molecule has 1 amide bonds. The van der Waals surface area contributed by atoms with Crippen molar-refractivity contribution in [3.63, 3.8) is 0 Å². The number of rotatable bonds is 5. The minimum Gasteiger partial charge on any atom is -0.482 e. The lowest BCUT2D eigenvalue weighted by Gasteiger charge is -2.28. The summed E-state index contributed by atoms with van der Waals surface area (Å²) in [6.07, 6.45) is 0. The summed E-state index contributed by atoms with van der Waals surface area (Å²) in [7, 11) is -3.43. The van der Waals surface area contributed by atoms with Gasteiger partial charge in [0, 0.05) is 10.0 Å². The molecule has 4 rings (SSSR count). The van der Waals surface area contributed by atoms with E-state index in [-0.39, 0.29) is 35.6 Å². The Morgan fingerprint density at radius 2 is 1.93 bits per heavy atom. The molecule has 0 bridgehead atoms. The normalized spacial score (nSPS) is 13.9. The van der Waals surface area contributed by atoms with Crippen LogP contribution in [0, 0.1) is 0 Å². The molecule has 2 heterocycles. The molecule has 0 spiro atoms. The Morgan fingerprint density at radius 1 is 1.17 bits per heavy atom. The van der Waals surface area contributed by atoms with E-state index in [2.05, 4.69) is 26.1 Å². The number of hydrogen-bond acceptors (Lipinski definition) is 7. The van der Waals surface area contributed by atoms with Gasteiger partial charge in [-0.2, -0.15) is 4.98 Å². The number of carbonyl (C=O) groups excluding carboxylic acids is 1. The number of nitrogens with zero attached hydrogens (tertiary/aromatic N) is 3. The van der Waals surface area contributed by atoms with Gasteiger partial charge >= 0.3 is 0 Å². The largest absolute Gasteiger partial charge is 0.482 e. The predicted octanol–water partition coefficient (Wildman–Crippen LogP) is 3.22. The van der Waals surface area contributed by atoms with E-state index in [1.165, 1.54) is 17.0 Å². The molecule has 8 nitrogen and oxygen atoms in total. The molecule has 0 saturated carbocycles. The summed E-state index contributed by atoms with van der Waals surface area (Å²) in [6.45, 7) is 1.42. The molecule has 0 aliphatic carbocycles. The molecule has 0 atom stereocenters. The zero-order chi connectivity index (χ0) is 20.6. The number of ether oxygens (including phenoxy) is 1. The Morgan fingerprint density at radius 3 is 2.66 bits per heavy atom. The highest BCUT2D eigenvalue weighted by Crippen LogP contribution is 2.35. The Balaban J connectivity index is 1.65. The van der Waals surface area contributed by atoms with Crippen molar-refractivity contribution in [1.82, 2.24) is 10.1 Å². The number of carbonyl (C=O) groups is 1. The SMILES string of the molecule is CCS(=O)(=O)c1ccc2c(c1)N(Cc1nc(-c3ccc(Br)cc3)no1)C(=O)CO2. The van der Waals surface area contributed by atoms with E-state index in [0.29, 0.717) is 17.3 Å². The molecule has 3 aromatic rings. The predicted molar refractivity (Wildman–Crippen MR) is 108 cm³/mol. The molecule has 0 unspecified atom stereocenters. The molecule has 10 heteroatoms. The van der Waals surface area contributed by atoms with Gasteiger partial charge in [0.05, 0.1) is 16.3 Å². The van der Waals surface area contributed by atoms with Crippen LogP contribution in [0.5, 0.6) is 5.75 Å². The quantitative estimate of drug-likeness (QED) is 0.555. The van der Waals surface area contributed by atoms with Crippen molar-refractivity contribution < 1.29 is 22.5 Å². The summed E-state index contributed by atoms with van der Waals surface area (Å²) in [5, 5.41) is 3.97. The minimum atomic E-state index is -3.43. The summed E-state index contributed by atoms with van der Waals surface area (Å²) in [4.78, 5) is 18.3. The van der Waals surface area contributed by atoms with Crippen molar-refractivity contribution in [2.24, 2.45) is 0 Å². The summed E-state index contributed by atoms with van der Waals surface area (Å²) in [5.74, 6) is 0.684. The van der Waals surface area contributed by atoms with Gasteiger partial charge in [-0.3, -0.25) is 9.69 Å². The van der Waals surface area contributed by atoms with Gasteiger partial charge in [-0.05, 0) is 42.5 Å². The highest BCUT2D eigenvalue weighted by Gasteiger charge is 2.29. The first-order chi connectivity index (χ1) is 13.9. The van der Waals surface area contributed by atoms with E-state index in [1.807, 2.05) is 24.3 Å². The van der Waals surface area contributed by atoms with Crippen LogP contribution in [0.15, 0.2) is 56.4 Å². The molecular weight excluding hydrogens is 462 g/mol. The van der Waals surface area contributed by atoms with Crippen molar-refractivity contribution in [3.8, 4) is 17.1 Å². The molecule has 2 aromatic carbocycles. The Bertz CT molecular complexity index is 1170. The average Bonchev–Trinajstić information content (AvgIpc) is 3.19. The second-order valence-corrected chi connectivity index (χ2v) is 9.51. The van der Waals surface area contributed by atoms with Gasteiger partial charge in [-0.25, -0.2) is 8.42 Å². The molecule has 0 saturated heterocycles. The van der Waals surface area contributed by atoms with Crippen LogP contribution >= 0.6 is 15.9 Å². The van der Waals surface area contributed by atoms with Crippen LogP contribution in [0.25, 0.3) is 11.4 Å². The van der Waals surface area contributed by atoms with E-state index < -0.39 is 9.84 Å². The van der Waals surface area contributed by atoms with Crippen LogP contribution in [0.4, 0.5) is 5.69 Å². The smallest absolute Gasteiger partial charge is 0.265 e. The number of amides is 1. The van der Waals surface area contributed by atoms with E-state index >= 15 is 0 Å². The van der Waals surface area contributed by atoms with Gasteiger partial charge in [-0.15, -0.1) is 0 Å². The molecule has 150 valence electrons. The van der Waals surface area contributed by atoms with Gasteiger partial charge in [0.15, 0.2) is 16.4 Å². The monoisotopic (exact) mass is 477 g/mol. The summed E-state index contributed by atoms with van der Waals surface area (Å²) in [5.41, 5.74) is 1.13. The summed E-state index contributed by atoms with van der Waals surface area (Å²) in [6, 6.07) is 11.9. The number of aromatic nitrogens is 2. The van der Waals surface area contributed by atoms with E-state index in [4.69, 9.17) is 9.26 Å². The molecule has 0 radical (unpaired) electrons. The molecule has 1 aliphatic rings. The number of halogens is 1.